The van der Waals surface area contributed by atoms with Crippen LogP contribution in [0.15, 0.2) is 46.9 Å². The molecule has 0 radical (unpaired) electrons. The monoisotopic (exact) mass is 406 g/mol. The van der Waals surface area contributed by atoms with Crippen molar-refractivity contribution in [2.24, 2.45) is 0 Å². The maximum atomic E-state index is 5.42. The summed E-state index contributed by atoms with van der Waals surface area (Å²) >= 11 is 3.50. The summed E-state index contributed by atoms with van der Waals surface area (Å²) in [6.07, 6.45) is 0. The third kappa shape index (κ3) is 4.97. The summed E-state index contributed by atoms with van der Waals surface area (Å²) in [7, 11) is 3.37. The fourth-order valence-electron chi connectivity index (χ4n) is 3.48. The zero-order valence-corrected chi connectivity index (χ0v) is 16.6. The van der Waals surface area contributed by atoms with Gasteiger partial charge in [0.25, 0.3) is 0 Å². The van der Waals surface area contributed by atoms with Crippen molar-refractivity contribution < 1.29 is 19.3 Å². The lowest BCUT2D eigenvalue weighted by atomic mass is 10.1. The van der Waals surface area contributed by atoms with Crippen LogP contribution in [0, 0.1) is 0 Å². The Morgan fingerprint density at radius 2 is 1.28 bits per heavy atom. The van der Waals surface area contributed by atoms with E-state index in [0.29, 0.717) is 0 Å². The number of rotatable bonds is 6. The normalized spacial score (nSPS) is 20.3. The first kappa shape index (κ1) is 18.2. The van der Waals surface area contributed by atoms with Crippen LogP contribution < -0.4 is 19.3 Å². The fourth-order valence-corrected chi connectivity index (χ4v) is 3.75. The smallest absolute Gasteiger partial charge is 0.161 e. The third-order valence-corrected chi connectivity index (χ3v) is 5.46. The molecule has 25 heavy (non-hydrogen) atoms. The number of hydrogen-bond donors (Lipinski definition) is 2. The maximum absolute atomic E-state index is 5.42. The van der Waals surface area contributed by atoms with Gasteiger partial charge in [-0.05, 0) is 30.3 Å². The van der Waals surface area contributed by atoms with Gasteiger partial charge in [-0.25, -0.2) is 0 Å². The van der Waals surface area contributed by atoms with Gasteiger partial charge < -0.3 is 19.3 Å². The van der Waals surface area contributed by atoms with E-state index in [1.54, 1.807) is 24.0 Å². The standard InChI is InChI=1S/C20H25BrN2O2/c1-24-19-8-5-17(13-20(19)25-2)15-23-11-9-22(10-12-23)14-16-3-6-18(21)7-4-16/h3-8,13H,9-12,14-15H2,1-2H3/p+2. The lowest BCUT2D eigenvalue weighted by molar-refractivity contribution is -1.02. The van der Waals surface area contributed by atoms with Crippen molar-refractivity contribution in [3.63, 3.8) is 0 Å². The van der Waals surface area contributed by atoms with E-state index in [1.807, 2.05) is 6.07 Å². The van der Waals surface area contributed by atoms with E-state index in [4.69, 9.17) is 9.47 Å². The predicted octanol–water partition coefficient (Wildman–Crippen LogP) is 0.950. The molecule has 1 saturated heterocycles. The minimum atomic E-state index is 0.796. The van der Waals surface area contributed by atoms with Crippen LogP contribution in [0.25, 0.3) is 0 Å². The van der Waals surface area contributed by atoms with Crippen LogP contribution in [0.2, 0.25) is 0 Å². The zero-order valence-electron chi connectivity index (χ0n) is 15.0. The average molecular weight is 407 g/mol. The Kier molecular flexibility index (Phi) is 6.34. The topological polar surface area (TPSA) is 27.3 Å². The first-order valence-electron chi connectivity index (χ1n) is 8.80. The fraction of sp³-hybridized carbons (Fsp3) is 0.400. The SMILES string of the molecule is COc1ccc(C[NH+]2CC[NH+](Cc3ccc(Br)cc3)CC2)cc1OC. The highest BCUT2D eigenvalue weighted by Gasteiger charge is 2.23. The van der Waals surface area contributed by atoms with E-state index in [-0.39, 0.29) is 0 Å². The Hall–Kier alpha value is -1.56. The molecule has 0 bridgehead atoms. The summed E-state index contributed by atoms with van der Waals surface area (Å²) < 4.78 is 11.9. The second-order valence-corrected chi connectivity index (χ2v) is 7.59. The maximum Gasteiger partial charge on any atom is 0.161 e. The number of benzene rings is 2. The molecule has 0 saturated carbocycles. The molecule has 0 aromatic heterocycles. The number of halogens is 1. The van der Waals surface area contributed by atoms with E-state index in [1.165, 1.54) is 37.3 Å². The first-order chi connectivity index (χ1) is 12.2. The Bertz CT molecular complexity index is 683. The van der Waals surface area contributed by atoms with Crippen molar-refractivity contribution in [2.45, 2.75) is 13.1 Å². The number of ether oxygens (including phenoxy) is 2. The largest absolute Gasteiger partial charge is 0.493 e. The molecule has 0 spiro atoms. The molecule has 1 heterocycles. The summed E-state index contributed by atoms with van der Waals surface area (Å²) in [5.74, 6) is 1.61. The second kappa shape index (κ2) is 8.70. The predicted molar refractivity (Wildman–Crippen MR) is 102 cm³/mol. The number of piperazine rings is 1. The van der Waals surface area contributed by atoms with Crippen LogP contribution in [0.1, 0.15) is 11.1 Å². The van der Waals surface area contributed by atoms with Gasteiger partial charge in [0, 0.05) is 15.6 Å². The Balaban J connectivity index is 1.51. The average Bonchev–Trinajstić information content (AvgIpc) is 2.65. The van der Waals surface area contributed by atoms with Crippen molar-refractivity contribution in [2.75, 3.05) is 40.4 Å². The first-order valence-corrected chi connectivity index (χ1v) is 9.59. The van der Waals surface area contributed by atoms with Gasteiger partial charge in [0.15, 0.2) is 11.5 Å². The third-order valence-electron chi connectivity index (χ3n) is 4.93. The van der Waals surface area contributed by atoms with Gasteiger partial charge in [-0.2, -0.15) is 0 Å². The molecule has 1 aliphatic rings. The van der Waals surface area contributed by atoms with Crippen LogP contribution in [0.4, 0.5) is 0 Å². The van der Waals surface area contributed by atoms with E-state index in [0.717, 1.165) is 29.1 Å². The molecule has 0 unspecified atom stereocenters. The Morgan fingerprint density at radius 1 is 0.760 bits per heavy atom. The highest BCUT2D eigenvalue weighted by atomic mass is 79.9. The second-order valence-electron chi connectivity index (χ2n) is 6.67. The lowest BCUT2D eigenvalue weighted by Gasteiger charge is -2.30. The van der Waals surface area contributed by atoms with Crippen molar-refractivity contribution in [1.82, 2.24) is 0 Å². The number of methoxy groups -OCH3 is 2. The van der Waals surface area contributed by atoms with Gasteiger partial charge in [-0.1, -0.05) is 28.1 Å². The molecule has 3 rings (SSSR count). The Labute approximate surface area is 158 Å². The minimum Gasteiger partial charge on any atom is -0.493 e. The van der Waals surface area contributed by atoms with Crippen molar-refractivity contribution >= 4 is 15.9 Å². The summed E-state index contributed by atoms with van der Waals surface area (Å²) in [6, 6.07) is 15.0. The highest BCUT2D eigenvalue weighted by Crippen LogP contribution is 2.27. The molecule has 2 N–H and O–H groups in total. The van der Waals surface area contributed by atoms with Crippen LogP contribution in [0.5, 0.6) is 11.5 Å². The van der Waals surface area contributed by atoms with Crippen molar-refractivity contribution in [1.29, 1.82) is 0 Å². The molecule has 1 aliphatic heterocycles. The zero-order chi connectivity index (χ0) is 17.6. The van der Waals surface area contributed by atoms with Gasteiger partial charge in [0.1, 0.15) is 39.3 Å². The van der Waals surface area contributed by atoms with Gasteiger partial charge >= 0.3 is 0 Å². The molecule has 0 aliphatic carbocycles. The quantitative estimate of drug-likeness (QED) is 0.747. The summed E-state index contributed by atoms with van der Waals surface area (Å²) in [5.41, 5.74) is 2.73. The molecular weight excluding hydrogens is 380 g/mol. The van der Waals surface area contributed by atoms with E-state index < -0.39 is 0 Å². The van der Waals surface area contributed by atoms with Crippen LogP contribution in [0.3, 0.4) is 0 Å². The van der Waals surface area contributed by atoms with Gasteiger partial charge in [-0.3, -0.25) is 0 Å². The summed E-state index contributed by atoms with van der Waals surface area (Å²) in [6.45, 7) is 7.03. The van der Waals surface area contributed by atoms with E-state index >= 15 is 0 Å². The van der Waals surface area contributed by atoms with Gasteiger partial charge in [0.2, 0.25) is 0 Å². The molecule has 1 fully saturated rings. The van der Waals surface area contributed by atoms with Crippen LogP contribution in [-0.4, -0.2) is 40.4 Å². The van der Waals surface area contributed by atoms with Crippen LogP contribution >= 0.6 is 15.9 Å². The van der Waals surface area contributed by atoms with Crippen molar-refractivity contribution in [3.05, 3.63) is 58.1 Å². The van der Waals surface area contributed by atoms with Crippen molar-refractivity contribution in [3.8, 4) is 11.5 Å². The van der Waals surface area contributed by atoms with Crippen LogP contribution in [-0.2, 0) is 13.1 Å². The van der Waals surface area contributed by atoms with E-state index in [9.17, 15) is 0 Å². The van der Waals surface area contributed by atoms with Gasteiger partial charge in [-0.15, -0.1) is 0 Å². The molecule has 4 nitrogen and oxygen atoms in total. The molecule has 2 aromatic rings. The Morgan fingerprint density at radius 3 is 1.84 bits per heavy atom. The molecule has 134 valence electrons. The molecule has 0 atom stereocenters. The molecular formula is C20H27BrN2O2+2. The van der Waals surface area contributed by atoms with Gasteiger partial charge in [0.05, 0.1) is 14.2 Å². The number of nitrogens with one attached hydrogen (secondary N) is 2. The summed E-state index contributed by atoms with van der Waals surface area (Å²) in [4.78, 5) is 3.32. The summed E-state index contributed by atoms with van der Waals surface area (Å²) in [5, 5.41) is 0. The lowest BCUT2D eigenvalue weighted by Crippen LogP contribution is -3.27. The van der Waals surface area contributed by atoms with E-state index in [2.05, 4.69) is 52.3 Å². The number of hydrogen-bond acceptors (Lipinski definition) is 2. The molecule has 5 heteroatoms. The molecule has 0 amide bonds. The highest BCUT2D eigenvalue weighted by molar-refractivity contribution is 9.10. The minimum absolute atomic E-state index is 0.796. The molecule has 2 aromatic carbocycles. The number of quaternary nitrogens is 2.